The maximum Gasteiger partial charge on any atom is 0.409 e. The Bertz CT molecular complexity index is 659. The molecule has 1 aromatic heterocycles. The van der Waals surface area contributed by atoms with E-state index in [0.29, 0.717) is 55.3 Å². The van der Waals surface area contributed by atoms with E-state index in [9.17, 15) is 14.4 Å². The predicted octanol–water partition coefficient (Wildman–Crippen LogP) is 1.72. The van der Waals surface area contributed by atoms with Crippen LogP contribution in [0.1, 0.15) is 46.0 Å². The Hall–Kier alpha value is -2.51. The molecular formula is C17H25N3O5. The van der Waals surface area contributed by atoms with Crippen molar-refractivity contribution in [3.8, 4) is 0 Å². The van der Waals surface area contributed by atoms with E-state index in [-0.39, 0.29) is 18.6 Å². The lowest BCUT2D eigenvalue weighted by molar-refractivity contribution is 0.0524. The molecule has 1 aromatic rings. The molecule has 0 spiro atoms. The first-order chi connectivity index (χ1) is 11.9. The van der Waals surface area contributed by atoms with Crippen LogP contribution in [0.5, 0.6) is 0 Å². The Morgan fingerprint density at radius 1 is 0.960 bits per heavy atom. The number of aromatic amines is 1. The minimum Gasteiger partial charge on any atom is -0.462 e. The molecule has 8 nitrogen and oxygen atoms in total. The van der Waals surface area contributed by atoms with Gasteiger partial charge in [-0.25, -0.2) is 9.59 Å². The number of carbonyl (C=O) groups is 3. The Kier molecular flexibility index (Phi) is 6.06. The molecule has 138 valence electrons. The highest BCUT2D eigenvalue weighted by molar-refractivity contribution is 6.00. The summed E-state index contributed by atoms with van der Waals surface area (Å²) in [5.74, 6) is -0.611. The average Bonchev–Trinajstić information content (AvgIpc) is 2.89. The van der Waals surface area contributed by atoms with E-state index in [2.05, 4.69) is 4.98 Å². The number of ether oxygens (including phenoxy) is 2. The molecule has 2 amide bonds. The zero-order valence-corrected chi connectivity index (χ0v) is 15.2. The summed E-state index contributed by atoms with van der Waals surface area (Å²) in [5.41, 5.74) is 2.01. The van der Waals surface area contributed by atoms with Crippen molar-refractivity contribution in [1.29, 1.82) is 0 Å². The normalized spacial score (nSPS) is 14.4. The predicted molar refractivity (Wildman–Crippen MR) is 90.7 cm³/mol. The lowest BCUT2D eigenvalue weighted by Gasteiger charge is -2.34. The van der Waals surface area contributed by atoms with E-state index in [1.165, 1.54) is 0 Å². The van der Waals surface area contributed by atoms with Crippen molar-refractivity contribution in [2.75, 3.05) is 39.4 Å². The molecule has 0 aliphatic carbocycles. The van der Waals surface area contributed by atoms with Crippen molar-refractivity contribution in [2.24, 2.45) is 0 Å². The SMILES string of the molecule is CCOC(=O)c1c(C)[nH]c(C(=O)N2CCN(C(=O)OCC)CC2)c1C. The second kappa shape index (κ2) is 8.04. The summed E-state index contributed by atoms with van der Waals surface area (Å²) in [6, 6.07) is 0. The highest BCUT2D eigenvalue weighted by Gasteiger charge is 2.29. The quantitative estimate of drug-likeness (QED) is 0.834. The molecule has 25 heavy (non-hydrogen) atoms. The van der Waals surface area contributed by atoms with Gasteiger partial charge >= 0.3 is 12.1 Å². The van der Waals surface area contributed by atoms with Gasteiger partial charge in [-0.15, -0.1) is 0 Å². The number of hydrogen-bond donors (Lipinski definition) is 1. The molecule has 0 radical (unpaired) electrons. The molecule has 1 fully saturated rings. The van der Waals surface area contributed by atoms with Crippen LogP contribution in [0, 0.1) is 13.8 Å². The molecule has 1 N–H and O–H groups in total. The number of hydrogen-bond acceptors (Lipinski definition) is 5. The van der Waals surface area contributed by atoms with Gasteiger partial charge < -0.3 is 24.3 Å². The van der Waals surface area contributed by atoms with Crippen LogP contribution in [-0.2, 0) is 9.47 Å². The number of esters is 1. The zero-order chi connectivity index (χ0) is 18.6. The number of piperazine rings is 1. The molecule has 0 atom stereocenters. The minimum atomic E-state index is -0.431. The molecule has 8 heteroatoms. The van der Waals surface area contributed by atoms with Gasteiger partial charge in [0.2, 0.25) is 0 Å². The molecule has 0 bridgehead atoms. The van der Waals surface area contributed by atoms with Crippen molar-refractivity contribution in [1.82, 2.24) is 14.8 Å². The monoisotopic (exact) mass is 351 g/mol. The molecular weight excluding hydrogens is 326 g/mol. The average molecular weight is 351 g/mol. The third-order valence-electron chi connectivity index (χ3n) is 4.22. The van der Waals surface area contributed by atoms with E-state index in [1.54, 1.807) is 37.5 Å². The third kappa shape index (κ3) is 3.94. The summed E-state index contributed by atoms with van der Waals surface area (Å²) < 4.78 is 10.0. The number of nitrogens with one attached hydrogen (secondary N) is 1. The second-order valence-corrected chi connectivity index (χ2v) is 5.82. The summed E-state index contributed by atoms with van der Waals surface area (Å²) in [6.07, 6.45) is -0.355. The smallest absolute Gasteiger partial charge is 0.409 e. The van der Waals surface area contributed by atoms with Crippen LogP contribution in [0.4, 0.5) is 4.79 Å². The highest BCUT2D eigenvalue weighted by Crippen LogP contribution is 2.21. The maximum absolute atomic E-state index is 12.8. The number of aryl methyl sites for hydroxylation is 1. The number of H-pyrrole nitrogens is 1. The van der Waals surface area contributed by atoms with Crippen LogP contribution in [0.15, 0.2) is 0 Å². The standard InChI is InChI=1S/C17H25N3O5/c1-5-24-16(22)13-11(3)14(18-12(13)4)15(21)19-7-9-20(10-8-19)17(23)25-6-2/h18H,5-10H2,1-4H3. The van der Waals surface area contributed by atoms with Crippen molar-refractivity contribution in [2.45, 2.75) is 27.7 Å². The van der Waals surface area contributed by atoms with E-state index in [1.807, 2.05) is 0 Å². The summed E-state index contributed by atoms with van der Waals surface area (Å²) >= 11 is 0. The van der Waals surface area contributed by atoms with Gasteiger partial charge in [0.25, 0.3) is 5.91 Å². The van der Waals surface area contributed by atoms with Crippen molar-refractivity contribution < 1.29 is 23.9 Å². The van der Waals surface area contributed by atoms with Gasteiger partial charge in [-0.2, -0.15) is 0 Å². The molecule has 1 aliphatic heterocycles. The number of carbonyl (C=O) groups excluding carboxylic acids is 3. The summed E-state index contributed by atoms with van der Waals surface area (Å²) in [4.78, 5) is 42.8. The van der Waals surface area contributed by atoms with Crippen LogP contribution in [0.3, 0.4) is 0 Å². The van der Waals surface area contributed by atoms with E-state index < -0.39 is 5.97 Å². The van der Waals surface area contributed by atoms with E-state index in [0.717, 1.165) is 0 Å². The topological polar surface area (TPSA) is 91.9 Å². The van der Waals surface area contributed by atoms with Gasteiger partial charge in [-0.3, -0.25) is 4.79 Å². The third-order valence-corrected chi connectivity index (χ3v) is 4.22. The molecule has 0 aromatic carbocycles. The van der Waals surface area contributed by atoms with Crippen molar-refractivity contribution in [3.05, 3.63) is 22.5 Å². The largest absolute Gasteiger partial charge is 0.462 e. The Balaban J connectivity index is 2.08. The van der Waals surface area contributed by atoms with Gasteiger partial charge in [0, 0.05) is 31.9 Å². The molecule has 0 saturated carbocycles. The summed E-state index contributed by atoms with van der Waals surface area (Å²) in [6.45, 7) is 9.28. The lowest BCUT2D eigenvalue weighted by Crippen LogP contribution is -2.50. The molecule has 1 saturated heterocycles. The van der Waals surface area contributed by atoms with Crippen molar-refractivity contribution >= 4 is 18.0 Å². The summed E-state index contributed by atoms with van der Waals surface area (Å²) in [7, 11) is 0. The van der Waals surface area contributed by atoms with Crippen LogP contribution in [-0.4, -0.2) is 72.1 Å². The van der Waals surface area contributed by atoms with Gasteiger partial charge in [0.05, 0.1) is 18.8 Å². The van der Waals surface area contributed by atoms with Gasteiger partial charge in [0.1, 0.15) is 5.69 Å². The maximum atomic E-state index is 12.8. The number of aromatic nitrogens is 1. The number of rotatable bonds is 4. The molecule has 1 aliphatic rings. The zero-order valence-electron chi connectivity index (χ0n) is 15.2. The van der Waals surface area contributed by atoms with E-state index in [4.69, 9.17) is 9.47 Å². The number of amides is 2. The second-order valence-electron chi connectivity index (χ2n) is 5.82. The van der Waals surface area contributed by atoms with Gasteiger partial charge in [0.15, 0.2) is 0 Å². The molecule has 2 rings (SSSR count). The van der Waals surface area contributed by atoms with Gasteiger partial charge in [-0.1, -0.05) is 0 Å². The van der Waals surface area contributed by atoms with E-state index >= 15 is 0 Å². The minimum absolute atomic E-state index is 0.181. The van der Waals surface area contributed by atoms with Crippen LogP contribution in [0.2, 0.25) is 0 Å². The Morgan fingerprint density at radius 2 is 1.52 bits per heavy atom. The first-order valence-corrected chi connectivity index (χ1v) is 8.47. The first-order valence-electron chi connectivity index (χ1n) is 8.47. The van der Waals surface area contributed by atoms with Crippen LogP contribution < -0.4 is 0 Å². The molecule has 0 unspecified atom stereocenters. The van der Waals surface area contributed by atoms with Crippen molar-refractivity contribution in [3.63, 3.8) is 0 Å². The fourth-order valence-electron chi connectivity index (χ4n) is 2.94. The number of nitrogens with zero attached hydrogens (tertiary/aromatic N) is 2. The first kappa shape index (κ1) is 18.8. The van der Waals surface area contributed by atoms with Gasteiger partial charge in [-0.05, 0) is 33.3 Å². The van der Waals surface area contributed by atoms with Crippen LogP contribution >= 0.6 is 0 Å². The Labute approximate surface area is 147 Å². The van der Waals surface area contributed by atoms with Crippen LogP contribution in [0.25, 0.3) is 0 Å². The fraction of sp³-hybridized carbons (Fsp3) is 0.588. The highest BCUT2D eigenvalue weighted by atomic mass is 16.6. The summed E-state index contributed by atoms with van der Waals surface area (Å²) in [5, 5.41) is 0. The fourth-order valence-corrected chi connectivity index (χ4v) is 2.94. The lowest BCUT2D eigenvalue weighted by atomic mass is 10.1. The molecule has 2 heterocycles. The Morgan fingerprint density at radius 3 is 2.08 bits per heavy atom.